The summed E-state index contributed by atoms with van der Waals surface area (Å²) in [5.74, 6) is -0.774. The van der Waals surface area contributed by atoms with Gasteiger partial charge in [0.1, 0.15) is 0 Å². The molecule has 0 bridgehead atoms. The lowest BCUT2D eigenvalue weighted by molar-refractivity contribution is -0.140. The molecule has 0 amide bonds. The van der Waals surface area contributed by atoms with Gasteiger partial charge in [-0.1, -0.05) is 30.3 Å². The third kappa shape index (κ3) is 2.60. The summed E-state index contributed by atoms with van der Waals surface area (Å²) in [5.41, 5.74) is 0.848. The van der Waals surface area contributed by atoms with E-state index in [1.165, 1.54) is 7.11 Å². The summed E-state index contributed by atoms with van der Waals surface area (Å²) in [6, 6.07) is 11.3. The Labute approximate surface area is 82.9 Å². The van der Waals surface area contributed by atoms with Crippen molar-refractivity contribution in [3.05, 3.63) is 35.9 Å². The lowest BCUT2D eigenvalue weighted by atomic mass is 9.97. The molecule has 3 heteroatoms. The molecule has 1 aromatic carbocycles. The second-order valence-electron chi connectivity index (χ2n) is 2.87. The number of ether oxygens (including phenoxy) is 1. The molecule has 0 saturated carbocycles. The van der Waals surface area contributed by atoms with Crippen LogP contribution in [0.25, 0.3) is 0 Å². The Morgan fingerprint density at radius 1 is 1.50 bits per heavy atom. The lowest BCUT2D eigenvalue weighted by Gasteiger charge is -2.06. The van der Waals surface area contributed by atoms with Crippen LogP contribution in [0, 0.1) is 11.3 Å². The van der Waals surface area contributed by atoms with Crippen molar-refractivity contribution in [3.63, 3.8) is 0 Å². The lowest BCUT2D eigenvalue weighted by Crippen LogP contribution is -2.06. The van der Waals surface area contributed by atoms with E-state index in [1.54, 1.807) is 0 Å². The largest absolute Gasteiger partial charge is 0.469 e. The Morgan fingerprint density at radius 2 is 2.14 bits per heavy atom. The number of benzene rings is 1. The fraction of sp³-hybridized carbons (Fsp3) is 0.273. The van der Waals surface area contributed by atoms with Gasteiger partial charge in [-0.2, -0.15) is 5.26 Å². The Bertz CT molecular complexity index is 340. The van der Waals surface area contributed by atoms with E-state index in [4.69, 9.17) is 5.26 Å². The third-order valence-corrected chi connectivity index (χ3v) is 1.96. The molecular formula is C11H11NO2. The van der Waals surface area contributed by atoms with Gasteiger partial charge >= 0.3 is 5.97 Å². The van der Waals surface area contributed by atoms with Gasteiger partial charge in [-0.05, 0) is 5.56 Å². The fourth-order valence-corrected chi connectivity index (χ4v) is 1.17. The summed E-state index contributed by atoms with van der Waals surface area (Å²) in [5, 5.41) is 8.87. The van der Waals surface area contributed by atoms with Gasteiger partial charge in [0.15, 0.2) is 0 Å². The molecule has 0 radical (unpaired) electrons. The second-order valence-corrected chi connectivity index (χ2v) is 2.87. The predicted molar refractivity (Wildman–Crippen MR) is 51.4 cm³/mol. The Balaban J connectivity index is 2.74. The zero-order chi connectivity index (χ0) is 10.4. The smallest absolute Gasteiger partial charge is 0.307 e. The molecule has 0 aliphatic carbocycles. The van der Waals surface area contributed by atoms with Crippen molar-refractivity contribution in [2.45, 2.75) is 12.3 Å². The van der Waals surface area contributed by atoms with Crippen LogP contribution >= 0.6 is 0 Å². The van der Waals surface area contributed by atoms with Crippen molar-refractivity contribution in [2.75, 3.05) is 7.11 Å². The number of esters is 1. The van der Waals surface area contributed by atoms with Crippen LogP contribution in [0.4, 0.5) is 0 Å². The zero-order valence-electron chi connectivity index (χ0n) is 7.93. The van der Waals surface area contributed by atoms with Gasteiger partial charge in [0.25, 0.3) is 0 Å². The quantitative estimate of drug-likeness (QED) is 0.682. The summed E-state index contributed by atoms with van der Waals surface area (Å²) in [6.45, 7) is 0. The normalized spacial score (nSPS) is 11.4. The summed E-state index contributed by atoms with van der Waals surface area (Å²) < 4.78 is 4.51. The molecule has 0 aliphatic rings. The first-order chi connectivity index (χ1) is 6.77. The molecule has 0 fully saturated rings. The number of nitriles is 1. The van der Waals surface area contributed by atoms with Crippen LogP contribution in [0.2, 0.25) is 0 Å². The van der Waals surface area contributed by atoms with Crippen LogP contribution < -0.4 is 0 Å². The number of methoxy groups -OCH3 is 1. The maximum absolute atomic E-state index is 11.0. The fourth-order valence-electron chi connectivity index (χ4n) is 1.17. The average Bonchev–Trinajstić information content (AvgIpc) is 2.26. The molecule has 0 spiro atoms. The van der Waals surface area contributed by atoms with Gasteiger partial charge in [0.2, 0.25) is 0 Å². The average molecular weight is 189 g/mol. The third-order valence-electron chi connectivity index (χ3n) is 1.96. The van der Waals surface area contributed by atoms with E-state index < -0.39 is 5.92 Å². The topological polar surface area (TPSA) is 50.1 Å². The van der Waals surface area contributed by atoms with E-state index in [1.807, 2.05) is 30.3 Å². The highest BCUT2D eigenvalue weighted by molar-refractivity contribution is 5.71. The molecular weight excluding hydrogens is 178 g/mol. The minimum Gasteiger partial charge on any atom is -0.469 e. The Morgan fingerprint density at radius 3 is 2.64 bits per heavy atom. The SMILES string of the molecule is COC(=O)CC(C#N)c1ccccc1. The van der Waals surface area contributed by atoms with E-state index in [2.05, 4.69) is 10.8 Å². The van der Waals surface area contributed by atoms with E-state index in [9.17, 15) is 4.79 Å². The first-order valence-electron chi connectivity index (χ1n) is 4.29. The molecule has 0 aromatic heterocycles. The van der Waals surface area contributed by atoms with E-state index in [0.29, 0.717) is 0 Å². The molecule has 1 atom stereocenters. The predicted octanol–water partition coefficient (Wildman–Crippen LogP) is 1.86. The summed E-state index contributed by atoms with van der Waals surface area (Å²) >= 11 is 0. The summed E-state index contributed by atoms with van der Waals surface area (Å²) in [4.78, 5) is 11.0. The van der Waals surface area contributed by atoms with Crippen molar-refractivity contribution in [1.82, 2.24) is 0 Å². The minimum atomic E-state index is -0.413. The molecule has 0 saturated heterocycles. The first-order valence-corrected chi connectivity index (χ1v) is 4.29. The zero-order valence-corrected chi connectivity index (χ0v) is 7.93. The highest BCUT2D eigenvalue weighted by Gasteiger charge is 2.14. The van der Waals surface area contributed by atoms with Crippen LogP contribution in [-0.2, 0) is 9.53 Å². The van der Waals surface area contributed by atoms with Crippen LogP contribution in [-0.4, -0.2) is 13.1 Å². The first kappa shape index (κ1) is 10.3. The number of carbonyl (C=O) groups excluding carboxylic acids is 1. The van der Waals surface area contributed by atoms with E-state index in [0.717, 1.165) is 5.56 Å². The van der Waals surface area contributed by atoms with Crippen molar-refractivity contribution < 1.29 is 9.53 Å². The number of rotatable bonds is 3. The van der Waals surface area contributed by atoms with Crippen LogP contribution in [0.1, 0.15) is 17.9 Å². The molecule has 1 unspecified atom stereocenters. The van der Waals surface area contributed by atoms with Crippen LogP contribution in [0.3, 0.4) is 0 Å². The minimum absolute atomic E-state index is 0.108. The highest BCUT2D eigenvalue weighted by Crippen LogP contribution is 2.18. The van der Waals surface area contributed by atoms with Crippen molar-refractivity contribution >= 4 is 5.97 Å². The number of hydrogen-bond acceptors (Lipinski definition) is 3. The summed E-state index contributed by atoms with van der Waals surface area (Å²) in [6.07, 6.45) is 0.108. The second kappa shape index (κ2) is 5.03. The molecule has 14 heavy (non-hydrogen) atoms. The standard InChI is InChI=1S/C11H11NO2/c1-14-11(13)7-10(8-12)9-5-3-2-4-6-9/h2-6,10H,7H2,1H3. The van der Waals surface area contributed by atoms with Crippen molar-refractivity contribution in [3.8, 4) is 6.07 Å². The molecule has 0 heterocycles. The molecule has 1 rings (SSSR count). The highest BCUT2D eigenvalue weighted by atomic mass is 16.5. The van der Waals surface area contributed by atoms with Gasteiger partial charge in [0.05, 0.1) is 25.5 Å². The molecule has 1 aromatic rings. The number of hydrogen-bond donors (Lipinski definition) is 0. The van der Waals surface area contributed by atoms with Crippen molar-refractivity contribution in [2.24, 2.45) is 0 Å². The van der Waals surface area contributed by atoms with E-state index in [-0.39, 0.29) is 12.4 Å². The van der Waals surface area contributed by atoms with Gasteiger partial charge in [-0.3, -0.25) is 4.79 Å². The van der Waals surface area contributed by atoms with Gasteiger partial charge in [0, 0.05) is 0 Å². The molecule has 0 N–H and O–H groups in total. The number of carbonyl (C=O) groups is 1. The van der Waals surface area contributed by atoms with Gasteiger partial charge in [-0.15, -0.1) is 0 Å². The monoisotopic (exact) mass is 189 g/mol. The van der Waals surface area contributed by atoms with Crippen LogP contribution in [0.5, 0.6) is 0 Å². The Hall–Kier alpha value is -1.82. The molecule has 72 valence electrons. The van der Waals surface area contributed by atoms with Gasteiger partial charge < -0.3 is 4.74 Å². The van der Waals surface area contributed by atoms with Gasteiger partial charge in [-0.25, -0.2) is 0 Å². The molecule has 3 nitrogen and oxygen atoms in total. The maximum atomic E-state index is 11.0. The van der Waals surface area contributed by atoms with Crippen LogP contribution in [0.15, 0.2) is 30.3 Å². The maximum Gasteiger partial charge on any atom is 0.307 e. The van der Waals surface area contributed by atoms with E-state index >= 15 is 0 Å². The molecule has 0 aliphatic heterocycles. The Kier molecular flexibility index (Phi) is 3.69. The van der Waals surface area contributed by atoms with Crippen molar-refractivity contribution in [1.29, 1.82) is 5.26 Å². The summed E-state index contributed by atoms with van der Waals surface area (Å²) in [7, 11) is 1.32. The number of nitrogens with zero attached hydrogens (tertiary/aromatic N) is 1.